The molecule has 27 heavy (non-hydrogen) atoms. The van der Waals surface area contributed by atoms with Crippen molar-refractivity contribution in [3.63, 3.8) is 0 Å². The average Bonchev–Trinajstić information content (AvgIpc) is 2.66. The van der Waals surface area contributed by atoms with Crippen molar-refractivity contribution in [3.8, 4) is 0 Å². The number of pyridine rings is 1. The zero-order valence-corrected chi connectivity index (χ0v) is 17.3. The van der Waals surface area contributed by atoms with Gasteiger partial charge in [-0.3, -0.25) is 15.1 Å². The Morgan fingerprint density at radius 2 is 2.22 bits per heavy atom. The van der Waals surface area contributed by atoms with Gasteiger partial charge in [-0.15, -0.1) is 0 Å². The van der Waals surface area contributed by atoms with Crippen molar-refractivity contribution in [1.29, 1.82) is 0 Å². The first kappa shape index (κ1) is 21.3. The van der Waals surface area contributed by atoms with E-state index < -0.39 is 0 Å². The average molecular weight is 436 g/mol. The maximum Gasteiger partial charge on any atom is 0.292 e. The van der Waals surface area contributed by atoms with Crippen LogP contribution in [0.2, 0.25) is 0 Å². The molecule has 7 heteroatoms. The van der Waals surface area contributed by atoms with Crippen LogP contribution >= 0.6 is 15.9 Å². The van der Waals surface area contributed by atoms with Gasteiger partial charge in [-0.25, -0.2) is 0 Å². The van der Waals surface area contributed by atoms with Crippen LogP contribution in [-0.2, 0) is 4.74 Å². The van der Waals surface area contributed by atoms with Gasteiger partial charge in [0.15, 0.2) is 0 Å². The van der Waals surface area contributed by atoms with Gasteiger partial charge in [0.05, 0.1) is 16.7 Å². The fourth-order valence-corrected chi connectivity index (χ4v) is 3.31. The van der Waals surface area contributed by atoms with E-state index in [-0.39, 0.29) is 22.6 Å². The number of nitrogens with one attached hydrogen (secondary N) is 1. The van der Waals surface area contributed by atoms with Crippen LogP contribution in [0.1, 0.15) is 44.8 Å². The quantitative estimate of drug-likeness (QED) is 0.357. The molecular formula is C20H26BrN3O3. The molecule has 0 radical (unpaired) electrons. The summed E-state index contributed by atoms with van der Waals surface area (Å²) in [6, 6.07) is 5.65. The van der Waals surface area contributed by atoms with Gasteiger partial charge in [0.1, 0.15) is 5.70 Å². The number of halogens is 1. The lowest BCUT2D eigenvalue weighted by Crippen LogP contribution is -2.33. The van der Waals surface area contributed by atoms with Gasteiger partial charge >= 0.3 is 0 Å². The highest BCUT2D eigenvalue weighted by atomic mass is 79.9. The van der Waals surface area contributed by atoms with E-state index in [1.165, 1.54) is 0 Å². The summed E-state index contributed by atoms with van der Waals surface area (Å²) in [6.07, 6.45) is 9.37. The molecule has 1 N–H and O–H groups in total. The van der Waals surface area contributed by atoms with E-state index in [9.17, 15) is 10.1 Å². The van der Waals surface area contributed by atoms with E-state index in [0.717, 1.165) is 29.4 Å². The first-order valence-corrected chi connectivity index (χ1v) is 9.96. The van der Waals surface area contributed by atoms with Crippen LogP contribution in [0, 0.1) is 16.0 Å². The minimum atomic E-state index is -0.347. The number of rotatable bonds is 8. The first-order valence-electron chi connectivity index (χ1n) is 9.17. The molecule has 1 atom stereocenters. The van der Waals surface area contributed by atoms with Crippen LogP contribution in [0.4, 0.5) is 0 Å². The highest BCUT2D eigenvalue weighted by molar-refractivity contribution is 9.11. The third-order valence-electron chi connectivity index (χ3n) is 4.38. The number of hydrogen-bond donors (Lipinski definition) is 1. The van der Waals surface area contributed by atoms with Crippen molar-refractivity contribution >= 4 is 15.9 Å². The standard InChI is InChI=1S/C20H26BrN3O3/c1-3-4-8-19(24(25)26)18(14-15(2)21)23-20(16-9-12-27-13-10-16)17-7-5-6-11-22-17/h4-8,11,14,16,20,23H,3,9-10,12-13H2,1-2H3/b8-4+,15-14+,19-18-. The molecule has 0 spiro atoms. The van der Waals surface area contributed by atoms with Crippen LogP contribution in [0.5, 0.6) is 0 Å². The second kappa shape index (κ2) is 11.0. The van der Waals surface area contributed by atoms with Crippen molar-refractivity contribution in [1.82, 2.24) is 10.3 Å². The van der Waals surface area contributed by atoms with E-state index in [2.05, 4.69) is 26.2 Å². The Bertz CT molecular complexity index is 706. The highest BCUT2D eigenvalue weighted by Crippen LogP contribution is 2.31. The second-order valence-corrected chi connectivity index (χ2v) is 7.67. The van der Waals surface area contributed by atoms with Gasteiger partial charge in [-0.2, -0.15) is 0 Å². The molecule has 0 aliphatic carbocycles. The van der Waals surface area contributed by atoms with Crippen molar-refractivity contribution in [3.05, 3.63) is 74.3 Å². The third kappa shape index (κ3) is 6.59. The summed E-state index contributed by atoms with van der Waals surface area (Å²) >= 11 is 3.41. The van der Waals surface area contributed by atoms with E-state index in [1.807, 2.05) is 32.0 Å². The minimum absolute atomic E-state index is 0.0450. The van der Waals surface area contributed by atoms with Gasteiger partial charge in [-0.1, -0.05) is 35.0 Å². The summed E-state index contributed by atoms with van der Waals surface area (Å²) in [5.74, 6) is 0.288. The smallest absolute Gasteiger partial charge is 0.292 e. The predicted octanol–water partition coefficient (Wildman–Crippen LogP) is 4.89. The molecule has 1 unspecified atom stereocenters. The largest absolute Gasteiger partial charge is 0.381 e. The first-order chi connectivity index (χ1) is 13.0. The molecule has 1 aromatic rings. The van der Waals surface area contributed by atoms with Crippen molar-refractivity contribution in [2.45, 2.75) is 39.2 Å². The van der Waals surface area contributed by atoms with E-state index in [0.29, 0.717) is 18.9 Å². The molecule has 2 heterocycles. The van der Waals surface area contributed by atoms with Gasteiger partial charge in [0.25, 0.3) is 5.70 Å². The SMILES string of the molecule is CC/C=C/C(=C(\C=C(/C)Br)NC(c1ccccn1)C1CCOCC1)[N+](=O)[O-]. The topological polar surface area (TPSA) is 77.3 Å². The van der Waals surface area contributed by atoms with E-state index in [4.69, 9.17) is 4.74 Å². The molecule has 0 saturated carbocycles. The van der Waals surface area contributed by atoms with E-state index in [1.54, 1.807) is 24.4 Å². The van der Waals surface area contributed by atoms with Crippen LogP contribution < -0.4 is 5.32 Å². The second-order valence-electron chi connectivity index (χ2n) is 6.42. The summed E-state index contributed by atoms with van der Waals surface area (Å²) in [4.78, 5) is 15.9. The molecule has 1 aromatic heterocycles. The molecule has 1 aliphatic heterocycles. The zero-order valence-electron chi connectivity index (χ0n) is 15.7. The molecule has 1 aliphatic rings. The lowest BCUT2D eigenvalue weighted by Gasteiger charge is -2.31. The maximum atomic E-state index is 11.7. The summed E-state index contributed by atoms with van der Waals surface area (Å²) in [5.41, 5.74) is 1.40. The molecular weight excluding hydrogens is 410 g/mol. The van der Waals surface area contributed by atoms with Gasteiger partial charge in [0.2, 0.25) is 0 Å². The van der Waals surface area contributed by atoms with Crippen molar-refractivity contribution < 1.29 is 9.66 Å². The highest BCUT2D eigenvalue weighted by Gasteiger charge is 2.28. The summed E-state index contributed by atoms with van der Waals surface area (Å²) in [6.45, 7) is 5.19. The fraction of sp³-hybridized carbons (Fsp3) is 0.450. The molecule has 146 valence electrons. The summed E-state index contributed by atoms with van der Waals surface area (Å²) in [7, 11) is 0. The fourth-order valence-electron chi connectivity index (χ4n) is 3.08. The van der Waals surface area contributed by atoms with Gasteiger partial charge in [0, 0.05) is 25.5 Å². The van der Waals surface area contributed by atoms with Gasteiger partial charge in [-0.05, 0) is 54.8 Å². The number of nitro groups is 1. The zero-order chi connectivity index (χ0) is 19.6. The molecule has 1 fully saturated rings. The summed E-state index contributed by atoms with van der Waals surface area (Å²) < 4.78 is 6.30. The predicted molar refractivity (Wildman–Crippen MR) is 110 cm³/mol. The van der Waals surface area contributed by atoms with Crippen LogP contribution in [0.15, 0.2) is 58.5 Å². The van der Waals surface area contributed by atoms with Crippen molar-refractivity contribution in [2.24, 2.45) is 5.92 Å². The van der Waals surface area contributed by atoms with Crippen LogP contribution in [0.3, 0.4) is 0 Å². The summed E-state index contributed by atoms with van der Waals surface area (Å²) in [5, 5.41) is 15.1. The monoisotopic (exact) mass is 435 g/mol. The molecule has 1 saturated heterocycles. The van der Waals surface area contributed by atoms with Crippen LogP contribution in [-0.4, -0.2) is 23.1 Å². The normalized spacial score (nSPS) is 18.3. The molecule has 2 rings (SSSR count). The Morgan fingerprint density at radius 3 is 2.78 bits per heavy atom. The number of aromatic nitrogens is 1. The third-order valence-corrected chi connectivity index (χ3v) is 4.61. The van der Waals surface area contributed by atoms with E-state index >= 15 is 0 Å². The Hall–Kier alpha value is -1.99. The Balaban J connectivity index is 2.47. The number of allylic oxidation sites excluding steroid dienone is 4. The molecule has 0 aromatic carbocycles. The Kier molecular flexibility index (Phi) is 8.67. The maximum absolute atomic E-state index is 11.7. The lowest BCUT2D eigenvalue weighted by molar-refractivity contribution is -0.420. The lowest BCUT2D eigenvalue weighted by atomic mass is 9.89. The minimum Gasteiger partial charge on any atom is -0.381 e. The van der Waals surface area contributed by atoms with Crippen molar-refractivity contribution in [2.75, 3.05) is 13.2 Å². The molecule has 6 nitrogen and oxygen atoms in total. The van der Waals surface area contributed by atoms with Crippen LogP contribution in [0.25, 0.3) is 0 Å². The molecule has 0 amide bonds. The number of nitrogens with zero attached hydrogens (tertiary/aromatic N) is 2. The molecule has 0 bridgehead atoms. The number of hydrogen-bond acceptors (Lipinski definition) is 5. The number of ether oxygens (including phenoxy) is 1. The Morgan fingerprint density at radius 1 is 1.48 bits per heavy atom. The Labute approximate surface area is 168 Å². The van der Waals surface area contributed by atoms with Gasteiger partial charge < -0.3 is 10.1 Å².